The molecule has 6 heteroatoms. The van der Waals surface area contributed by atoms with Gasteiger partial charge in [-0.15, -0.1) is 0 Å². The number of benzene rings is 2. The van der Waals surface area contributed by atoms with E-state index in [9.17, 15) is 14.4 Å². The molecule has 0 saturated carbocycles. The van der Waals surface area contributed by atoms with Gasteiger partial charge in [0.2, 0.25) is 6.79 Å². The minimum Gasteiger partial charge on any atom is -0.428 e. The van der Waals surface area contributed by atoms with Gasteiger partial charge in [0.15, 0.2) is 5.78 Å². The Labute approximate surface area is 156 Å². The molecule has 1 atom stereocenters. The predicted molar refractivity (Wildman–Crippen MR) is 96.9 cm³/mol. The van der Waals surface area contributed by atoms with E-state index in [1.54, 1.807) is 24.3 Å². The number of esters is 2. The van der Waals surface area contributed by atoms with Gasteiger partial charge >= 0.3 is 11.9 Å². The van der Waals surface area contributed by atoms with Crippen LogP contribution in [0.15, 0.2) is 54.6 Å². The molecule has 0 fully saturated rings. The highest BCUT2D eigenvalue weighted by Gasteiger charge is 2.21. The predicted octanol–water partition coefficient (Wildman–Crippen LogP) is 4.15. The lowest BCUT2D eigenvalue weighted by atomic mass is 9.89. The van der Waals surface area contributed by atoms with E-state index in [-0.39, 0.29) is 24.5 Å². The van der Waals surface area contributed by atoms with Gasteiger partial charge in [-0.05, 0) is 29.8 Å². The Kier molecular flexibility index (Phi) is 7.36. The smallest absolute Gasteiger partial charge is 0.309 e. The Morgan fingerprint density at radius 1 is 0.923 bits per heavy atom. The zero-order valence-corrected chi connectivity index (χ0v) is 15.1. The molecule has 136 valence electrons. The maximum absolute atomic E-state index is 12.6. The van der Waals surface area contributed by atoms with Crippen LogP contribution in [0.5, 0.6) is 0 Å². The molecule has 2 rings (SSSR count). The molecule has 0 N–H and O–H groups in total. The van der Waals surface area contributed by atoms with E-state index in [1.165, 1.54) is 6.92 Å². The van der Waals surface area contributed by atoms with E-state index in [1.807, 2.05) is 30.3 Å². The van der Waals surface area contributed by atoms with E-state index in [4.69, 9.17) is 16.3 Å². The van der Waals surface area contributed by atoms with Crippen molar-refractivity contribution >= 4 is 29.3 Å². The standard InChI is InChI=1S/C20H19ClO5/c1-14(22)25-13-26-20(24)12-17(15-5-3-2-4-6-15)11-19(23)16-7-9-18(21)10-8-16/h2-10,17H,11-13H2,1H3. The van der Waals surface area contributed by atoms with Gasteiger partial charge < -0.3 is 9.47 Å². The van der Waals surface area contributed by atoms with Crippen molar-refractivity contribution in [3.05, 3.63) is 70.7 Å². The van der Waals surface area contributed by atoms with Crippen molar-refractivity contribution in [3.8, 4) is 0 Å². The number of ether oxygens (including phenoxy) is 2. The molecule has 5 nitrogen and oxygen atoms in total. The van der Waals surface area contributed by atoms with Crippen LogP contribution in [-0.2, 0) is 19.1 Å². The second-order valence-corrected chi connectivity index (χ2v) is 6.15. The summed E-state index contributed by atoms with van der Waals surface area (Å²) in [6, 6.07) is 15.9. The molecule has 0 aliphatic heterocycles. The van der Waals surface area contributed by atoms with Gasteiger partial charge in [-0.1, -0.05) is 41.9 Å². The zero-order valence-electron chi connectivity index (χ0n) is 14.3. The Balaban J connectivity index is 2.06. The van der Waals surface area contributed by atoms with Crippen LogP contribution in [0.1, 0.15) is 41.6 Å². The molecule has 2 aromatic carbocycles. The topological polar surface area (TPSA) is 69.7 Å². The van der Waals surface area contributed by atoms with Crippen molar-refractivity contribution in [2.45, 2.75) is 25.7 Å². The summed E-state index contributed by atoms with van der Waals surface area (Å²) < 4.78 is 9.50. The molecular formula is C20H19ClO5. The third kappa shape index (κ3) is 6.33. The van der Waals surface area contributed by atoms with Crippen LogP contribution in [0.2, 0.25) is 5.02 Å². The summed E-state index contributed by atoms with van der Waals surface area (Å²) in [6.45, 7) is 0.798. The number of carbonyl (C=O) groups excluding carboxylic acids is 3. The third-order valence-electron chi connectivity index (χ3n) is 3.76. The number of halogens is 1. The molecule has 0 radical (unpaired) electrons. The molecule has 1 unspecified atom stereocenters. The van der Waals surface area contributed by atoms with Gasteiger partial charge in [0.25, 0.3) is 0 Å². The SMILES string of the molecule is CC(=O)OCOC(=O)CC(CC(=O)c1ccc(Cl)cc1)c1ccccc1. The maximum atomic E-state index is 12.6. The summed E-state index contributed by atoms with van der Waals surface area (Å²) in [5.74, 6) is -1.51. The first-order chi connectivity index (χ1) is 12.5. The largest absolute Gasteiger partial charge is 0.428 e. The minimum absolute atomic E-state index is 0.00457. The van der Waals surface area contributed by atoms with Crippen LogP contribution in [0.25, 0.3) is 0 Å². The monoisotopic (exact) mass is 374 g/mol. The van der Waals surface area contributed by atoms with Crippen molar-refractivity contribution in [1.29, 1.82) is 0 Å². The van der Waals surface area contributed by atoms with Crippen molar-refractivity contribution in [2.75, 3.05) is 6.79 Å². The van der Waals surface area contributed by atoms with Crippen molar-refractivity contribution in [1.82, 2.24) is 0 Å². The zero-order chi connectivity index (χ0) is 18.9. The highest BCUT2D eigenvalue weighted by Crippen LogP contribution is 2.26. The lowest BCUT2D eigenvalue weighted by Gasteiger charge is -2.16. The molecule has 0 heterocycles. The van der Waals surface area contributed by atoms with Crippen molar-refractivity contribution in [3.63, 3.8) is 0 Å². The number of hydrogen-bond donors (Lipinski definition) is 0. The first kappa shape index (κ1) is 19.7. The molecule has 0 aliphatic carbocycles. The van der Waals surface area contributed by atoms with E-state index >= 15 is 0 Å². The van der Waals surface area contributed by atoms with Crippen LogP contribution in [0.3, 0.4) is 0 Å². The lowest BCUT2D eigenvalue weighted by molar-refractivity contribution is -0.165. The average molecular weight is 375 g/mol. The maximum Gasteiger partial charge on any atom is 0.309 e. The number of ketones is 1. The summed E-state index contributed by atoms with van der Waals surface area (Å²) in [4.78, 5) is 35.3. The fourth-order valence-electron chi connectivity index (χ4n) is 2.45. The molecule has 0 bridgehead atoms. The second kappa shape index (κ2) is 9.73. The van der Waals surface area contributed by atoms with Crippen LogP contribution in [-0.4, -0.2) is 24.5 Å². The minimum atomic E-state index is -0.538. The van der Waals surface area contributed by atoms with Crippen molar-refractivity contribution < 1.29 is 23.9 Å². The van der Waals surface area contributed by atoms with Crippen LogP contribution < -0.4 is 0 Å². The Hall–Kier alpha value is -2.66. The second-order valence-electron chi connectivity index (χ2n) is 5.72. The first-order valence-corrected chi connectivity index (χ1v) is 8.46. The Morgan fingerprint density at radius 3 is 2.19 bits per heavy atom. The molecule has 26 heavy (non-hydrogen) atoms. The Morgan fingerprint density at radius 2 is 1.58 bits per heavy atom. The normalized spacial score (nSPS) is 11.5. The van der Waals surface area contributed by atoms with Gasteiger partial charge in [0, 0.05) is 29.8 Å². The van der Waals surface area contributed by atoms with Gasteiger partial charge in [-0.3, -0.25) is 14.4 Å². The summed E-state index contributed by atoms with van der Waals surface area (Å²) in [5.41, 5.74) is 1.39. The fourth-order valence-corrected chi connectivity index (χ4v) is 2.57. The molecule has 0 amide bonds. The number of rotatable bonds is 8. The highest BCUT2D eigenvalue weighted by molar-refractivity contribution is 6.30. The van der Waals surface area contributed by atoms with E-state index in [0.717, 1.165) is 5.56 Å². The van der Waals surface area contributed by atoms with Crippen LogP contribution in [0, 0.1) is 0 Å². The van der Waals surface area contributed by atoms with E-state index < -0.39 is 18.7 Å². The van der Waals surface area contributed by atoms with Crippen LogP contribution in [0.4, 0.5) is 0 Å². The molecule has 0 saturated heterocycles. The van der Waals surface area contributed by atoms with Gasteiger partial charge in [0.1, 0.15) is 0 Å². The molecular weight excluding hydrogens is 356 g/mol. The molecule has 0 spiro atoms. The van der Waals surface area contributed by atoms with Crippen LogP contribution >= 0.6 is 11.6 Å². The average Bonchev–Trinajstić information content (AvgIpc) is 2.62. The third-order valence-corrected chi connectivity index (χ3v) is 4.02. The summed E-state index contributed by atoms with van der Waals surface area (Å²) in [5, 5.41) is 0.551. The summed E-state index contributed by atoms with van der Waals surface area (Å²) in [7, 11) is 0. The number of hydrogen-bond acceptors (Lipinski definition) is 5. The Bertz CT molecular complexity index is 756. The quantitative estimate of drug-likeness (QED) is 0.394. The highest BCUT2D eigenvalue weighted by atomic mass is 35.5. The number of Topliss-reactive ketones (excluding diaryl/α,β-unsaturated/α-hetero) is 1. The van der Waals surface area contributed by atoms with Gasteiger partial charge in [0.05, 0.1) is 6.42 Å². The summed E-state index contributed by atoms with van der Waals surface area (Å²) in [6.07, 6.45) is 0.152. The van der Waals surface area contributed by atoms with Gasteiger partial charge in [-0.25, -0.2) is 0 Å². The summed E-state index contributed by atoms with van der Waals surface area (Å²) >= 11 is 5.85. The number of carbonyl (C=O) groups is 3. The fraction of sp³-hybridized carbons (Fsp3) is 0.250. The first-order valence-electron chi connectivity index (χ1n) is 8.08. The van der Waals surface area contributed by atoms with Crippen molar-refractivity contribution in [2.24, 2.45) is 0 Å². The van der Waals surface area contributed by atoms with E-state index in [0.29, 0.717) is 10.6 Å². The molecule has 2 aromatic rings. The van der Waals surface area contributed by atoms with E-state index in [2.05, 4.69) is 4.74 Å². The molecule has 0 aromatic heterocycles. The molecule has 0 aliphatic rings. The van der Waals surface area contributed by atoms with Gasteiger partial charge in [-0.2, -0.15) is 0 Å². The lowest BCUT2D eigenvalue weighted by Crippen LogP contribution is -2.16.